The van der Waals surface area contributed by atoms with Crippen molar-refractivity contribution in [1.82, 2.24) is 0 Å². The van der Waals surface area contributed by atoms with Gasteiger partial charge in [-0.05, 0) is 41.2 Å². The van der Waals surface area contributed by atoms with Crippen molar-refractivity contribution in [2.24, 2.45) is 5.41 Å². The molecule has 132 valence electrons. The van der Waals surface area contributed by atoms with E-state index in [4.69, 9.17) is 4.74 Å². The second-order valence-electron chi connectivity index (χ2n) is 7.76. The van der Waals surface area contributed by atoms with Gasteiger partial charge in [-0.15, -0.1) is 0 Å². The number of benzene rings is 2. The summed E-state index contributed by atoms with van der Waals surface area (Å²) < 4.78 is 5.27. The van der Waals surface area contributed by atoms with Crippen LogP contribution in [-0.4, -0.2) is 19.2 Å². The molecule has 1 aliphatic heterocycles. The van der Waals surface area contributed by atoms with Crippen LogP contribution in [0.2, 0.25) is 0 Å². The minimum atomic E-state index is -0.394. The summed E-state index contributed by atoms with van der Waals surface area (Å²) in [6, 6.07) is 16.6. The van der Waals surface area contributed by atoms with Crippen molar-refractivity contribution in [3.05, 3.63) is 59.7 Å². The van der Waals surface area contributed by atoms with E-state index in [1.165, 1.54) is 16.8 Å². The molecular weight excluding hydrogens is 312 g/mol. The lowest BCUT2D eigenvalue weighted by atomic mass is 9.99. The second kappa shape index (κ2) is 7.18. The van der Waals surface area contributed by atoms with Gasteiger partial charge in [0, 0.05) is 24.5 Å². The van der Waals surface area contributed by atoms with E-state index in [0.29, 0.717) is 6.61 Å². The summed E-state index contributed by atoms with van der Waals surface area (Å²) in [5, 5.41) is 2.83. The topological polar surface area (TPSA) is 41.6 Å². The van der Waals surface area contributed by atoms with E-state index < -0.39 is 6.09 Å². The van der Waals surface area contributed by atoms with Gasteiger partial charge in [-0.3, -0.25) is 5.32 Å². The van der Waals surface area contributed by atoms with Crippen molar-refractivity contribution in [2.45, 2.75) is 33.7 Å². The number of rotatable bonds is 4. The SMILES string of the molecule is CC(C)(C)COC(=O)Nc1ccc2c(c1)CCN2Cc1ccccc1. The van der Waals surface area contributed by atoms with Crippen molar-refractivity contribution in [2.75, 3.05) is 23.4 Å². The molecule has 3 rings (SSSR count). The molecule has 1 N–H and O–H groups in total. The Balaban J connectivity index is 1.62. The molecule has 4 nitrogen and oxygen atoms in total. The van der Waals surface area contributed by atoms with Crippen LogP contribution in [0.1, 0.15) is 31.9 Å². The average Bonchev–Trinajstić information content (AvgIpc) is 2.96. The minimum Gasteiger partial charge on any atom is -0.449 e. The fourth-order valence-corrected chi connectivity index (χ4v) is 2.95. The zero-order valence-electron chi connectivity index (χ0n) is 15.2. The summed E-state index contributed by atoms with van der Waals surface area (Å²) in [7, 11) is 0. The monoisotopic (exact) mass is 338 g/mol. The van der Waals surface area contributed by atoms with Gasteiger partial charge in [0.05, 0.1) is 6.61 Å². The highest BCUT2D eigenvalue weighted by atomic mass is 16.5. The van der Waals surface area contributed by atoms with Crippen molar-refractivity contribution < 1.29 is 9.53 Å². The molecule has 1 amide bonds. The number of hydrogen-bond donors (Lipinski definition) is 1. The predicted octanol–water partition coefficient (Wildman–Crippen LogP) is 4.84. The van der Waals surface area contributed by atoms with Crippen molar-refractivity contribution in [1.29, 1.82) is 0 Å². The van der Waals surface area contributed by atoms with E-state index in [0.717, 1.165) is 25.2 Å². The third kappa shape index (κ3) is 4.75. The van der Waals surface area contributed by atoms with Crippen LogP contribution in [0.25, 0.3) is 0 Å². The van der Waals surface area contributed by atoms with Crippen molar-refractivity contribution in [3.8, 4) is 0 Å². The Morgan fingerprint density at radius 3 is 2.64 bits per heavy atom. The van der Waals surface area contributed by atoms with Crippen LogP contribution in [0, 0.1) is 5.41 Å². The Kier molecular flexibility index (Phi) is 4.98. The predicted molar refractivity (Wildman–Crippen MR) is 102 cm³/mol. The summed E-state index contributed by atoms with van der Waals surface area (Å²) >= 11 is 0. The van der Waals surface area contributed by atoms with Crippen LogP contribution in [0.15, 0.2) is 48.5 Å². The van der Waals surface area contributed by atoms with Crippen LogP contribution >= 0.6 is 0 Å². The highest BCUT2D eigenvalue weighted by molar-refractivity contribution is 5.85. The lowest BCUT2D eigenvalue weighted by Gasteiger charge is -2.20. The normalized spacial score (nSPS) is 13.5. The molecule has 0 bridgehead atoms. The molecule has 25 heavy (non-hydrogen) atoms. The molecule has 4 heteroatoms. The van der Waals surface area contributed by atoms with Crippen LogP contribution in [0.5, 0.6) is 0 Å². The van der Waals surface area contributed by atoms with Crippen molar-refractivity contribution in [3.63, 3.8) is 0 Å². The molecule has 0 saturated carbocycles. The van der Waals surface area contributed by atoms with E-state index in [9.17, 15) is 4.79 Å². The maximum Gasteiger partial charge on any atom is 0.411 e. The number of carbonyl (C=O) groups excluding carboxylic acids is 1. The third-order valence-corrected chi connectivity index (χ3v) is 4.17. The van der Waals surface area contributed by atoms with Crippen LogP contribution in [-0.2, 0) is 17.7 Å². The van der Waals surface area contributed by atoms with E-state index >= 15 is 0 Å². The largest absolute Gasteiger partial charge is 0.449 e. The number of nitrogens with zero attached hydrogens (tertiary/aromatic N) is 1. The van der Waals surface area contributed by atoms with Gasteiger partial charge in [-0.25, -0.2) is 4.79 Å². The Morgan fingerprint density at radius 1 is 1.16 bits per heavy atom. The van der Waals surface area contributed by atoms with Gasteiger partial charge in [-0.1, -0.05) is 51.1 Å². The molecule has 0 atom stereocenters. The van der Waals surface area contributed by atoms with E-state index in [1.54, 1.807) is 0 Å². The van der Waals surface area contributed by atoms with Crippen LogP contribution in [0.3, 0.4) is 0 Å². The zero-order chi connectivity index (χ0) is 17.9. The Bertz CT molecular complexity index is 735. The summed E-state index contributed by atoms with van der Waals surface area (Å²) in [6.45, 7) is 8.43. The molecule has 1 heterocycles. The Labute approximate surface area is 149 Å². The molecule has 0 spiro atoms. The summed E-state index contributed by atoms with van der Waals surface area (Å²) in [5.41, 5.74) is 4.58. The highest BCUT2D eigenvalue weighted by Crippen LogP contribution is 2.31. The molecule has 0 radical (unpaired) electrons. The lowest BCUT2D eigenvalue weighted by molar-refractivity contribution is 0.118. The van der Waals surface area contributed by atoms with E-state index in [1.807, 2.05) is 32.9 Å². The van der Waals surface area contributed by atoms with Gasteiger partial charge in [0.2, 0.25) is 0 Å². The fraction of sp³-hybridized carbons (Fsp3) is 0.381. The second-order valence-corrected chi connectivity index (χ2v) is 7.76. The Hall–Kier alpha value is -2.49. The van der Waals surface area contributed by atoms with Gasteiger partial charge in [-0.2, -0.15) is 0 Å². The van der Waals surface area contributed by atoms with E-state index in [-0.39, 0.29) is 5.41 Å². The first kappa shape index (κ1) is 17.3. The molecule has 0 unspecified atom stereocenters. The van der Waals surface area contributed by atoms with Gasteiger partial charge >= 0.3 is 6.09 Å². The zero-order valence-corrected chi connectivity index (χ0v) is 15.2. The Morgan fingerprint density at radius 2 is 1.92 bits per heavy atom. The number of fused-ring (bicyclic) bond motifs is 1. The molecule has 2 aromatic carbocycles. The van der Waals surface area contributed by atoms with Crippen LogP contribution < -0.4 is 10.2 Å². The first-order valence-electron chi connectivity index (χ1n) is 8.76. The smallest absolute Gasteiger partial charge is 0.411 e. The first-order valence-corrected chi connectivity index (χ1v) is 8.76. The highest BCUT2D eigenvalue weighted by Gasteiger charge is 2.20. The van der Waals surface area contributed by atoms with Gasteiger partial charge in [0.1, 0.15) is 0 Å². The molecule has 0 aromatic heterocycles. The summed E-state index contributed by atoms with van der Waals surface area (Å²) in [4.78, 5) is 14.3. The number of amides is 1. The molecule has 1 aliphatic rings. The lowest BCUT2D eigenvalue weighted by Crippen LogP contribution is -2.22. The standard InChI is InChI=1S/C21H26N2O2/c1-21(2,3)15-25-20(24)22-18-9-10-19-17(13-18)11-12-23(19)14-16-7-5-4-6-8-16/h4-10,13H,11-12,14-15H2,1-3H3,(H,22,24). The maximum absolute atomic E-state index is 11.9. The molecular formula is C21H26N2O2. The fourth-order valence-electron chi connectivity index (χ4n) is 2.95. The maximum atomic E-state index is 11.9. The number of nitrogens with one attached hydrogen (secondary N) is 1. The number of carbonyl (C=O) groups is 1. The third-order valence-electron chi connectivity index (χ3n) is 4.17. The quantitative estimate of drug-likeness (QED) is 0.867. The summed E-state index contributed by atoms with van der Waals surface area (Å²) in [6.07, 6.45) is 0.600. The average molecular weight is 338 g/mol. The van der Waals surface area contributed by atoms with Gasteiger partial charge in [0.25, 0.3) is 0 Å². The number of ether oxygens (including phenoxy) is 1. The minimum absolute atomic E-state index is 0.0345. The molecule has 0 saturated heterocycles. The van der Waals surface area contributed by atoms with E-state index in [2.05, 4.69) is 46.6 Å². The molecule has 0 fully saturated rings. The van der Waals surface area contributed by atoms with Crippen molar-refractivity contribution >= 4 is 17.5 Å². The van der Waals surface area contributed by atoms with Gasteiger partial charge in [0.15, 0.2) is 0 Å². The van der Waals surface area contributed by atoms with Crippen LogP contribution in [0.4, 0.5) is 16.2 Å². The number of anilines is 2. The molecule has 2 aromatic rings. The molecule has 0 aliphatic carbocycles. The van der Waals surface area contributed by atoms with Gasteiger partial charge < -0.3 is 9.64 Å². The number of hydrogen-bond acceptors (Lipinski definition) is 3. The summed E-state index contributed by atoms with van der Waals surface area (Å²) in [5.74, 6) is 0. The first-order chi connectivity index (χ1) is 11.9.